The third kappa shape index (κ3) is 2.38. The molecule has 1 aromatic rings. The van der Waals surface area contributed by atoms with Gasteiger partial charge in [0.15, 0.2) is 0 Å². The van der Waals surface area contributed by atoms with Crippen LogP contribution in [0.3, 0.4) is 0 Å². The third-order valence-electron chi connectivity index (χ3n) is 3.91. The molecule has 2 aliphatic rings. The van der Waals surface area contributed by atoms with Crippen molar-refractivity contribution >= 4 is 31.9 Å². The van der Waals surface area contributed by atoms with Crippen LogP contribution in [-0.2, 0) is 14.8 Å². The number of hydrogen-bond acceptors (Lipinski definition) is 3. The van der Waals surface area contributed by atoms with Gasteiger partial charge in [0.25, 0.3) is 0 Å². The second-order valence-electron chi connectivity index (χ2n) is 5.10. The van der Waals surface area contributed by atoms with Gasteiger partial charge in [-0.05, 0) is 30.7 Å². The van der Waals surface area contributed by atoms with Crippen LogP contribution in [-0.4, -0.2) is 49.2 Å². The van der Waals surface area contributed by atoms with E-state index < -0.39 is 10.0 Å². The van der Waals surface area contributed by atoms with Crippen molar-refractivity contribution in [3.05, 3.63) is 28.7 Å². The Hall–Kier alpha value is -0.920. The number of rotatable bonds is 2. The van der Waals surface area contributed by atoms with Gasteiger partial charge in [0.05, 0.1) is 4.90 Å². The van der Waals surface area contributed by atoms with Gasteiger partial charge in [-0.2, -0.15) is 4.31 Å². The number of amides is 1. The van der Waals surface area contributed by atoms with Crippen molar-refractivity contribution in [3.8, 4) is 0 Å². The summed E-state index contributed by atoms with van der Waals surface area (Å²) in [5.41, 5.74) is 0. The Morgan fingerprint density at radius 1 is 1.15 bits per heavy atom. The normalized spacial score (nSPS) is 23.9. The zero-order chi connectivity index (χ0) is 14.3. The molecule has 1 aromatic carbocycles. The number of nitrogens with zero attached hydrogens (tertiary/aromatic N) is 2. The van der Waals surface area contributed by atoms with Gasteiger partial charge in [-0.1, -0.05) is 15.9 Å². The molecule has 0 aliphatic carbocycles. The predicted octanol–water partition coefficient (Wildman–Crippen LogP) is 1.44. The van der Waals surface area contributed by atoms with Gasteiger partial charge in [0, 0.05) is 36.6 Å². The zero-order valence-corrected chi connectivity index (χ0v) is 13.2. The number of piperazine rings is 1. The minimum absolute atomic E-state index is 0.0430. The van der Waals surface area contributed by atoms with Gasteiger partial charge < -0.3 is 4.90 Å². The lowest BCUT2D eigenvalue weighted by Crippen LogP contribution is -2.53. The molecule has 3 rings (SSSR count). The summed E-state index contributed by atoms with van der Waals surface area (Å²) >= 11 is 3.30. The molecule has 0 saturated carbocycles. The Morgan fingerprint density at radius 3 is 2.55 bits per heavy atom. The second kappa shape index (κ2) is 5.13. The molecule has 0 aromatic heterocycles. The lowest BCUT2D eigenvalue weighted by atomic mass is 10.2. The minimum atomic E-state index is -3.46. The molecule has 1 amide bonds. The lowest BCUT2D eigenvalue weighted by Gasteiger charge is -2.36. The first kappa shape index (κ1) is 14.0. The smallest absolute Gasteiger partial charge is 0.243 e. The molecule has 0 spiro atoms. The maximum absolute atomic E-state index is 12.6. The average molecular weight is 359 g/mol. The molecule has 7 heteroatoms. The first-order valence-electron chi connectivity index (χ1n) is 6.54. The van der Waals surface area contributed by atoms with Crippen molar-refractivity contribution in [1.82, 2.24) is 9.21 Å². The quantitative estimate of drug-likeness (QED) is 0.803. The highest BCUT2D eigenvalue weighted by Gasteiger charge is 2.39. The average Bonchev–Trinajstić information content (AvgIpc) is 2.80. The van der Waals surface area contributed by atoms with Gasteiger partial charge in [0.1, 0.15) is 0 Å². The summed E-state index contributed by atoms with van der Waals surface area (Å²) in [6.45, 7) is 1.28. The van der Waals surface area contributed by atoms with E-state index in [9.17, 15) is 13.2 Å². The number of benzene rings is 1. The molecule has 2 heterocycles. The molecule has 0 N–H and O–H groups in total. The molecule has 0 bridgehead atoms. The number of fused-ring (bicyclic) bond motifs is 1. The topological polar surface area (TPSA) is 57.7 Å². The summed E-state index contributed by atoms with van der Waals surface area (Å²) in [6.07, 6.45) is 1.29. The van der Waals surface area contributed by atoms with Gasteiger partial charge in [-0.25, -0.2) is 8.42 Å². The van der Waals surface area contributed by atoms with E-state index in [-0.39, 0.29) is 11.9 Å². The Kier molecular flexibility index (Phi) is 3.60. The van der Waals surface area contributed by atoms with Crippen LogP contribution >= 0.6 is 15.9 Å². The number of carbonyl (C=O) groups excluding carboxylic acids is 1. The number of sulfonamides is 1. The monoisotopic (exact) mass is 358 g/mol. The molecule has 0 radical (unpaired) electrons. The first-order chi connectivity index (χ1) is 9.48. The Balaban J connectivity index is 1.82. The van der Waals surface area contributed by atoms with E-state index in [4.69, 9.17) is 0 Å². The fourth-order valence-corrected chi connectivity index (χ4v) is 4.54. The van der Waals surface area contributed by atoms with Crippen molar-refractivity contribution in [2.24, 2.45) is 0 Å². The standard InChI is InChI=1S/C13H15BrN2O3S/c14-10-1-4-12(5-2-10)20(18,19)15-7-8-16-11(9-15)3-6-13(16)17/h1-2,4-5,11H,3,6-9H2. The highest BCUT2D eigenvalue weighted by molar-refractivity contribution is 9.10. The fraction of sp³-hybridized carbons (Fsp3) is 0.462. The summed E-state index contributed by atoms with van der Waals surface area (Å²) in [7, 11) is -3.46. The van der Waals surface area contributed by atoms with Gasteiger partial charge >= 0.3 is 0 Å². The van der Waals surface area contributed by atoms with Crippen LogP contribution in [0.25, 0.3) is 0 Å². The molecule has 1 atom stereocenters. The van der Waals surface area contributed by atoms with Crippen LogP contribution in [0.2, 0.25) is 0 Å². The molecule has 5 nitrogen and oxygen atoms in total. The Bertz CT molecular complexity index is 630. The molecule has 2 saturated heterocycles. The van der Waals surface area contributed by atoms with Crippen LogP contribution in [0.15, 0.2) is 33.6 Å². The molecule has 2 aliphatic heterocycles. The van der Waals surface area contributed by atoms with Crippen molar-refractivity contribution in [2.45, 2.75) is 23.8 Å². The highest BCUT2D eigenvalue weighted by Crippen LogP contribution is 2.27. The third-order valence-corrected chi connectivity index (χ3v) is 6.32. The second-order valence-corrected chi connectivity index (χ2v) is 7.95. The van der Waals surface area contributed by atoms with Crippen molar-refractivity contribution in [1.29, 1.82) is 0 Å². The van der Waals surface area contributed by atoms with Crippen molar-refractivity contribution in [3.63, 3.8) is 0 Å². The van der Waals surface area contributed by atoms with Crippen LogP contribution in [0.5, 0.6) is 0 Å². The fourth-order valence-electron chi connectivity index (χ4n) is 2.81. The molecular formula is C13H15BrN2O3S. The van der Waals surface area contributed by atoms with Gasteiger partial charge in [-0.15, -0.1) is 0 Å². The van der Waals surface area contributed by atoms with Gasteiger partial charge in [-0.3, -0.25) is 4.79 Å². The summed E-state index contributed by atoms with van der Waals surface area (Å²) in [5, 5.41) is 0. The van der Waals surface area contributed by atoms with Crippen LogP contribution in [0, 0.1) is 0 Å². The first-order valence-corrected chi connectivity index (χ1v) is 8.77. The Labute approximate surface area is 126 Å². The predicted molar refractivity (Wildman–Crippen MR) is 77.6 cm³/mol. The molecule has 108 valence electrons. The molecule has 2 fully saturated rings. The summed E-state index contributed by atoms with van der Waals surface area (Å²) in [6, 6.07) is 6.70. The molecule has 20 heavy (non-hydrogen) atoms. The van der Waals surface area contributed by atoms with E-state index >= 15 is 0 Å². The number of hydrogen-bond donors (Lipinski definition) is 0. The largest absolute Gasteiger partial charge is 0.337 e. The summed E-state index contributed by atoms with van der Waals surface area (Å²) < 4.78 is 27.5. The van der Waals surface area contributed by atoms with Gasteiger partial charge in [0.2, 0.25) is 15.9 Å². The van der Waals surface area contributed by atoms with E-state index in [1.165, 1.54) is 4.31 Å². The molecular weight excluding hydrogens is 344 g/mol. The maximum Gasteiger partial charge on any atom is 0.243 e. The minimum Gasteiger partial charge on any atom is -0.337 e. The SMILES string of the molecule is O=C1CCC2CN(S(=O)(=O)c3ccc(Br)cc3)CCN12. The maximum atomic E-state index is 12.6. The van der Waals surface area contributed by atoms with E-state index in [0.29, 0.717) is 31.0 Å². The van der Waals surface area contributed by atoms with Crippen molar-refractivity contribution < 1.29 is 13.2 Å². The van der Waals surface area contributed by atoms with E-state index in [1.54, 1.807) is 24.3 Å². The van der Waals surface area contributed by atoms with E-state index in [1.807, 2.05) is 4.90 Å². The highest BCUT2D eigenvalue weighted by atomic mass is 79.9. The van der Waals surface area contributed by atoms with Crippen LogP contribution in [0.4, 0.5) is 0 Å². The molecule has 1 unspecified atom stereocenters. The zero-order valence-electron chi connectivity index (χ0n) is 10.8. The number of carbonyl (C=O) groups is 1. The summed E-state index contributed by atoms with van der Waals surface area (Å²) in [5.74, 6) is 0.149. The van der Waals surface area contributed by atoms with Crippen LogP contribution < -0.4 is 0 Å². The van der Waals surface area contributed by atoms with Crippen LogP contribution in [0.1, 0.15) is 12.8 Å². The van der Waals surface area contributed by atoms with E-state index in [0.717, 1.165) is 10.9 Å². The van der Waals surface area contributed by atoms with E-state index in [2.05, 4.69) is 15.9 Å². The van der Waals surface area contributed by atoms with Crippen molar-refractivity contribution in [2.75, 3.05) is 19.6 Å². The lowest BCUT2D eigenvalue weighted by molar-refractivity contribution is -0.130. The number of halogens is 1. The summed E-state index contributed by atoms with van der Waals surface area (Å²) in [4.78, 5) is 13.7. The Morgan fingerprint density at radius 2 is 1.85 bits per heavy atom.